The fourth-order valence-electron chi connectivity index (χ4n) is 3.75. The minimum Gasteiger partial charge on any atom is -0.443 e. The Kier molecular flexibility index (Phi) is 5.55. The third-order valence-electron chi connectivity index (χ3n) is 5.18. The predicted molar refractivity (Wildman–Crippen MR) is 124 cm³/mol. The van der Waals surface area contributed by atoms with Crippen LogP contribution in [0.2, 0.25) is 0 Å². The van der Waals surface area contributed by atoms with Crippen LogP contribution in [0, 0.1) is 11.8 Å². The first-order chi connectivity index (χ1) is 14.8. The molecule has 4 rings (SSSR count). The highest BCUT2D eigenvalue weighted by Crippen LogP contribution is 2.46. The fourth-order valence-corrected chi connectivity index (χ4v) is 4.24. The number of carbonyl (C=O) groups is 2. The highest BCUT2D eigenvalue weighted by molar-refractivity contribution is 9.10. The Bertz CT molecular complexity index is 1040. The fraction of sp³-hybridized carbons (Fsp3) is 0.591. The average Bonchev–Trinajstić information content (AvgIpc) is 3.24. The smallest absolute Gasteiger partial charge is 0.425 e. The lowest BCUT2D eigenvalue weighted by molar-refractivity contribution is 0.0429. The molecule has 2 amide bonds. The molecule has 3 heterocycles. The summed E-state index contributed by atoms with van der Waals surface area (Å²) in [6.07, 6.45) is 0.774. The summed E-state index contributed by atoms with van der Waals surface area (Å²) in [5.41, 5.74) is -0.847. The molecule has 2 unspecified atom stereocenters. The number of hydrogen-bond acceptors (Lipinski definition) is 8. The van der Waals surface area contributed by atoms with Crippen LogP contribution in [0.3, 0.4) is 0 Å². The van der Waals surface area contributed by atoms with Gasteiger partial charge in [0.05, 0.1) is 0 Å². The van der Waals surface area contributed by atoms with Crippen molar-refractivity contribution in [3.8, 4) is 0 Å². The second kappa shape index (κ2) is 7.83. The van der Waals surface area contributed by atoms with E-state index in [0.717, 1.165) is 35.6 Å². The van der Waals surface area contributed by atoms with Gasteiger partial charge in [-0.15, -0.1) is 0 Å². The molecule has 10 heteroatoms. The molecule has 1 aliphatic heterocycles. The number of piperidine rings is 1. The van der Waals surface area contributed by atoms with Crippen LogP contribution in [0.4, 0.5) is 21.2 Å². The van der Waals surface area contributed by atoms with E-state index < -0.39 is 23.4 Å². The molecule has 0 radical (unpaired) electrons. The van der Waals surface area contributed by atoms with Crippen molar-refractivity contribution in [1.82, 2.24) is 15.0 Å². The molecular weight excluding hydrogens is 478 g/mol. The summed E-state index contributed by atoms with van der Waals surface area (Å²) in [7, 11) is 0. The van der Waals surface area contributed by atoms with Crippen LogP contribution in [0.25, 0.3) is 11.0 Å². The van der Waals surface area contributed by atoms with E-state index in [0.29, 0.717) is 15.5 Å². The van der Waals surface area contributed by atoms with Crippen LogP contribution in [0.1, 0.15) is 48.0 Å². The number of fused-ring (bicyclic) bond motifs is 2. The number of amides is 2. The van der Waals surface area contributed by atoms with Gasteiger partial charge in [-0.3, -0.25) is 0 Å². The van der Waals surface area contributed by atoms with Gasteiger partial charge in [0.25, 0.3) is 0 Å². The number of anilines is 2. The first-order valence-electron chi connectivity index (χ1n) is 10.6. The van der Waals surface area contributed by atoms with Crippen molar-refractivity contribution in [3.05, 3.63) is 16.9 Å². The van der Waals surface area contributed by atoms with Crippen molar-refractivity contribution < 1.29 is 19.1 Å². The van der Waals surface area contributed by atoms with Crippen molar-refractivity contribution in [2.75, 3.05) is 22.9 Å². The van der Waals surface area contributed by atoms with Crippen LogP contribution in [0.5, 0.6) is 0 Å². The second-order valence-electron chi connectivity index (χ2n) is 10.3. The molecule has 172 valence electrons. The molecular formula is C22H28BrN5O4. The third kappa shape index (κ3) is 4.79. The number of carbonyl (C=O) groups excluding carboxylic acids is 2. The molecule has 0 spiro atoms. The zero-order valence-corrected chi connectivity index (χ0v) is 20.8. The van der Waals surface area contributed by atoms with E-state index in [1.54, 1.807) is 41.5 Å². The molecule has 2 aromatic heterocycles. The van der Waals surface area contributed by atoms with Gasteiger partial charge in [-0.2, -0.15) is 4.90 Å². The van der Waals surface area contributed by atoms with E-state index in [1.807, 2.05) is 6.07 Å². The standard InChI is InChI=1S/C22H28BrN5O4/c1-21(2,3)31-19(29)28(20(30)32-22(4,5)6)18-17-16(24-11-25-18)14(23)8-15(26-17)27-9-12-7-13(12)10-27/h8,11-13H,7,9-10H2,1-6H3. The van der Waals surface area contributed by atoms with Crippen molar-refractivity contribution in [2.45, 2.75) is 59.2 Å². The summed E-state index contributed by atoms with van der Waals surface area (Å²) >= 11 is 3.57. The van der Waals surface area contributed by atoms with Crippen molar-refractivity contribution >= 4 is 50.8 Å². The highest BCUT2D eigenvalue weighted by Gasteiger charge is 2.45. The van der Waals surface area contributed by atoms with E-state index in [9.17, 15) is 9.59 Å². The molecule has 1 saturated carbocycles. The number of nitrogens with zero attached hydrogens (tertiary/aromatic N) is 5. The summed E-state index contributed by atoms with van der Waals surface area (Å²) in [5, 5.41) is 0. The van der Waals surface area contributed by atoms with Gasteiger partial charge < -0.3 is 14.4 Å². The molecule has 0 N–H and O–H groups in total. The lowest BCUT2D eigenvalue weighted by Crippen LogP contribution is -2.44. The Balaban J connectivity index is 1.80. The molecule has 2 atom stereocenters. The minimum absolute atomic E-state index is 0.0189. The highest BCUT2D eigenvalue weighted by atomic mass is 79.9. The second-order valence-corrected chi connectivity index (χ2v) is 11.2. The third-order valence-corrected chi connectivity index (χ3v) is 5.78. The number of halogens is 1. The number of hydrogen-bond donors (Lipinski definition) is 0. The normalized spacial score (nSPS) is 20.2. The van der Waals surface area contributed by atoms with E-state index in [4.69, 9.17) is 14.5 Å². The molecule has 2 aromatic rings. The molecule has 2 aliphatic rings. The maximum absolute atomic E-state index is 13.1. The number of ether oxygens (including phenoxy) is 2. The van der Waals surface area contributed by atoms with Gasteiger partial charge in [-0.1, -0.05) is 0 Å². The Morgan fingerprint density at radius 2 is 1.56 bits per heavy atom. The number of pyridine rings is 1. The Morgan fingerprint density at radius 1 is 1.00 bits per heavy atom. The molecule has 32 heavy (non-hydrogen) atoms. The van der Waals surface area contributed by atoms with Gasteiger partial charge in [-0.25, -0.2) is 24.5 Å². The summed E-state index contributed by atoms with van der Waals surface area (Å²) < 4.78 is 11.7. The summed E-state index contributed by atoms with van der Waals surface area (Å²) in [5.74, 6) is 2.21. The SMILES string of the molecule is CC(C)(C)OC(=O)N(C(=O)OC(C)(C)C)c1ncnc2c(Br)cc(N3CC4CC4C3)nc12. The quantitative estimate of drug-likeness (QED) is 0.566. The van der Waals surface area contributed by atoms with Gasteiger partial charge in [0, 0.05) is 17.6 Å². The average molecular weight is 506 g/mol. The van der Waals surface area contributed by atoms with E-state index in [-0.39, 0.29) is 5.82 Å². The first-order valence-corrected chi connectivity index (χ1v) is 11.4. The van der Waals surface area contributed by atoms with E-state index in [1.165, 1.54) is 12.7 Å². The van der Waals surface area contributed by atoms with Crippen molar-refractivity contribution in [3.63, 3.8) is 0 Å². The Hall–Kier alpha value is -2.49. The molecule has 1 aliphatic carbocycles. The largest absolute Gasteiger partial charge is 0.443 e. The van der Waals surface area contributed by atoms with Gasteiger partial charge in [-0.05, 0) is 81.8 Å². The Morgan fingerprint density at radius 3 is 2.09 bits per heavy atom. The lowest BCUT2D eigenvalue weighted by atomic mass is 10.2. The van der Waals surface area contributed by atoms with Gasteiger partial charge >= 0.3 is 12.2 Å². The lowest BCUT2D eigenvalue weighted by Gasteiger charge is -2.28. The first kappa shape index (κ1) is 22.7. The molecule has 2 fully saturated rings. The van der Waals surface area contributed by atoms with Gasteiger partial charge in [0.1, 0.15) is 34.4 Å². The zero-order chi connectivity index (χ0) is 23.4. The maximum atomic E-state index is 13.1. The summed E-state index contributed by atoms with van der Waals surface area (Å²) in [6, 6.07) is 1.91. The van der Waals surface area contributed by atoms with E-state index >= 15 is 0 Å². The van der Waals surface area contributed by atoms with Gasteiger partial charge in [0.15, 0.2) is 5.82 Å². The van der Waals surface area contributed by atoms with Crippen LogP contribution in [0.15, 0.2) is 16.9 Å². The van der Waals surface area contributed by atoms with Crippen LogP contribution >= 0.6 is 15.9 Å². The predicted octanol–water partition coefficient (Wildman–Crippen LogP) is 4.92. The van der Waals surface area contributed by atoms with Crippen molar-refractivity contribution in [1.29, 1.82) is 0 Å². The Labute approximate surface area is 195 Å². The van der Waals surface area contributed by atoms with Gasteiger partial charge in [0.2, 0.25) is 0 Å². The summed E-state index contributed by atoms with van der Waals surface area (Å²) in [6.45, 7) is 12.2. The monoisotopic (exact) mass is 505 g/mol. The summed E-state index contributed by atoms with van der Waals surface area (Å²) in [4.78, 5) is 42.5. The number of aromatic nitrogens is 3. The number of rotatable bonds is 2. The molecule has 0 aromatic carbocycles. The molecule has 1 saturated heterocycles. The van der Waals surface area contributed by atoms with E-state index in [2.05, 4.69) is 30.8 Å². The zero-order valence-electron chi connectivity index (χ0n) is 19.2. The van der Waals surface area contributed by atoms with Crippen LogP contribution < -0.4 is 9.80 Å². The minimum atomic E-state index is -0.891. The number of imide groups is 1. The molecule has 0 bridgehead atoms. The van der Waals surface area contributed by atoms with Crippen LogP contribution in [-0.2, 0) is 9.47 Å². The van der Waals surface area contributed by atoms with Crippen molar-refractivity contribution in [2.24, 2.45) is 11.8 Å². The molecule has 9 nitrogen and oxygen atoms in total. The van der Waals surface area contributed by atoms with Crippen LogP contribution in [-0.4, -0.2) is 51.4 Å². The topological polar surface area (TPSA) is 97.8 Å². The maximum Gasteiger partial charge on any atom is 0.425 e.